The zero-order valence-electron chi connectivity index (χ0n) is 11.3. The molecule has 17 heavy (non-hydrogen) atoms. The van der Waals surface area contributed by atoms with Gasteiger partial charge in [-0.25, -0.2) is 4.39 Å². The van der Waals surface area contributed by atoms with Crippen molar-refractivity contribution in [1.29, 1.82) is 0 Å². The van der Waals surface area contributed by atoms with E-state index in [4.69, 9.17) is 0 Å². The van der Waals surface area contributed by atoms with Crippen molar-refractivity contribution < 1.29 is 9.50 Å². The van der Waals surface area contributed by atoms with Crippen LogP contribution in [0.3, 0.4) is 0 Å². The van der Waals surface area contributed by atoms with Gasteiger partial charge in [0, 0.05) is 13.6 Å². The van der Waals surface area contributed by atoms with E-state index in [1.54, 1.807) is 19.1 Å². The first-order valence-electron chi connectivity index (χ1n) is 5.89. The lowest BCUT2D eigenvalue weighted by atomic mass is 9.96. The van der Waals surface area contributed by atoms with Gasteiger partial charge >= 0.3 is 0 Å². The van der Waals surface area contributed by atoms with Crippen LogP contribution >= 0.6 is 0 Å². The normalized spacial score (nSPS) is 13.6. The number of hydrogen-bond donors (Lipinski definition) is 1. The molecule has 96 valence electrons. The predicted molar refractivity (Wildman–Crippen MR) is 69.8 cm³/mol. The van der Waals surface area contributed by atoms with Crippen molar-refractivity contribution in [2.45, 2.75) is 33.8 Å². The fourth-order valence-corrected chi connectivity index (χ4v) is 1.89. The Morgan fingerprint density at radius 3 is 2.35 bits per heavy atom. The molecule has 1 rings (SSSR count). The number of benzene rings is 1. The molecule has 0 spiro atoms. The maximum Gasteiger partial charge on any atom is 0.146 e. The highest BCUT2D eigenvalue weighted by Crippen LogP contribution is 2.25. The number of halogens is 1. The summed E-state index contributed by atoms with van der Waals surface area (Å²) in [6.07, 6.45) is -0.633. The summed E-state index contributed by atoms with van der Waals surface area (Å²) in [5, 5.41) is 9.38. The predicted octanol–water partition coefficient (Wildman–Crippen LogP) is 3.36. The Morgan fingerprint density at radius 2 is 1.94 bits per heavy atom. The smallest absolute Gasteiger partial charge is 0.146 e. The van der Waals surface area contributed by atoms with Crippen LogP contribution in [0.2, 0.25) is 0 Å². The van der Waals surface area contributed by atoms with Gasteiger partial charge in [0.1, 0.15) is 5.82 Å². The van der Waals surface area contributed by atoms with Gasteiger partial charge in [-0.1, -0.05) is 26.8 Å². The highest BCUT2D eigenvalue weighted by molar-refractivity contribution is 5.49. The molecule has 0 saturated heterocycles. The van der Waals surface area contributed by atoms with Crippen molar-refractivity contribution in [1.82, 2.24) is 0 Å². The summed E-state index contributed by atoms with van der Waals surface area (Å²) in [6, 6.07) is 4.89. The summed E-state index contributed by atoms with van der Waals surface area (Å²) < 4.78 is 13.9. The number of rotatable bonds is 3. The molecule has 1 atom stereocenters. The van der Waals surface area contributed by atoms with E-state index in [0.717, 1.165) is 6.54 Å². The largest absolute Gasteiger partial charge is 0.389 e. The van der Waals surface area contributed by atoms with Crippen LogP contribution in [0.4, 0.5) is 10.1 Å². The molecule has 0 fully saturated rings. The molecule has 0 aliphatic rings. The number of aliphatic hydroxyl groups excluding tert-OH is 1. The molecule has 2 nitrogen and oxygen atoms in total. The second kappa shape index (κ2) is 5.05. The summed E-state index contributed by atoms with van der Waals surface area (Å²) in [7, 11) is 1.88. The average molecular weight is 239 g/mol. The molecule has 1 aromatic rings. The standard InChI is InChI=1S/C14H22FNO/c1-10(17)11-6-7-13(12(15)8-11)16(5)9-14(2,3)4/h6-8,10,17H,9H2,1-5H3/t10-/m0/s1. The molecule has 0 bridgehead atoms. The topological polar surface area (TPSA) is 23.5 Å². The third-order valence-electron chi connectivity index (χ3n) is 2.58. The van der Waals surface area contributed by atoms with Crippen molar-refractivity contribution >= 4 is 5.69 Å². The molecule has 0 radical (unpaired) electrons. The minimum atomic E-state index is -0.633. The van der Waals surface area contributed by atoms with E-state index in [-0.39, 0.29) is 11.2 Å². The van der Waals surface area contributed by atoms with E-state index < -0.39 is 6.10 Å². The van der Waals surface area contributed by atoms with Gasteiger partial charge in [0.2, 0.25) is 0 Å². The second-order valence-corrected chi connectivity index (χ2v) is 5.80. The lowest BCUT2D eigenvalue weighted by Crippen LogP contribution is -2.29. The number of anilines is 1. The SMILES string of the molecule is C[C@H](O)c1ccc(N(C)CC(C)(C)C)c(F)c1. The molecule has 0 aromatic heterocycles. The van der Waals surface area contributed by atoms with Crippen LogP contribution in [-0.2, 0) is 0 Å². The third kappa shape index (κ3) is 4.00. The first-order valence-corrected chi connectivity index (χ1v) is 5.89. The van der Waals surface area contributed by atoms with Crippen LogP contribution in [0, 0.1) is 11.2 Å². The average Bonchev–Trinajstić information content (AvgIpc) is 2.14. The van der Waals surface area contributed by atoms with Gasteiger partial charge < -0.3 is 10.0 Å². The Balaban J connectivity index is 2.92. The highest BCUT2D eigenvalue weighted by atomic mass is 19.1. The summed E-state index contributed by atoms with van der Waals surface area (Å²) in [5.74, 6) is -0.282. The molecule has 0 aliphatic heterocycles. The summed E-state index contributed by atoms with van der Waals surface area (Å²) in [4.78, 5) is 1.90. The van der Waals surface area contributed by atoms with Gasteiger partial charge in [-0.3, -0.25) is 0 Å². The van der Waals surface area contributed by atoms with E-state index in [1.165, 1.54) is 6.07 Å². The van der Waals surface area contributed by atoms with E-state index in [2.05, 4.69) is 20.8 Å². The van der Waals surface area contributed by atoms with Crippen LogP contribution in [-0.4, -0.2) is 18.7 Å². The minimum Gasteiger partial charge on any atom is -0.389 e. The number of nitrogens with zero attached hydrogens (tertiary/aromatic N) is 1. The molecule has 0 amide bonds. The first kappa shape index (κ1) is 14.0. The van der Waals surface area contributed by atoms with E-state index >= 15 is 0 Å². The van der Waals surface area contributed by atoms with Crippen LogP contribution in [0.5, 0.6) is 0 Å². The van der Waals surface area contributed by atoms with E-state index in [0.29, 0.717) is 11.3 Å². The van der Waals surface area contributed by atoms with Crippen molar-refractivity contribution in [2.24, 2.45) is 5.41 Å². The number of hydrogen-bond acceptors (Lipinski definition) is 2. The molecule has 1 N–H and O–H groups in total. The second-order valence-electron chi connectivity index (χ2n) is 5.80. The zero-order chi connectivity index (χ0) is 13.2. The van der Waals surface area contributed by atoms with Gasteiger partial charge in [0.25, 0.3) is 0 Å². The molecule has 0 unspecified atom stereocenters. The van der Waals surface area contributed by atoms with Crippen LogP contribution in [0.15, 0.2) is 18.2 Å². The molecule has 0 heterocycles. The van der Waals surface area contributed by atoms with E-state index in [1.807, 2.05) is 11.9 Å². The van der Waals surface area contributed by atoms with Gasteiger partial charge in [0.05, 0.1) is 11.8 Å². The Kier molecular flexibility index (Phi) is 4.15. The van der Waals surface area contributed by atoms with Gasteiger partial charge in [-0.05, 0) is 30.0 Å². The van der Waals surface area contributed by atoms with Crippen molar-refractivity contribution in [3.63, 3.8) is 0 Å². The first-order chi connectivity index (χ1) is 7.70. The van der Waals surface area contributed by atoms with Crippen LogP contribution in [0.25, 0.3) is 0 Å². The van der Waals surface area contributed by atoms with Crippen molar-refractivity contribution in [3.8, 4) is 0 Å². The Morgan fingerprint density at radius 1 is 1.35 bits per heavy atom. The van der Waals surface area contributed by atoms with Gasteiger partial charge in [-0.15, -0.1) is 0 Å². The summed E-state index contributed by atoms with van der Waals surface area (Å²) >= 11 is 0. The Bertz CT molecular complexity index is 382. The summed E-state index contributed by atoms with van der Waals surface area (Å²) in [6.45, 7) is 8.76. The minimum absolute atomic E-state index is 0.115. The van der Waals surface area contributed by atoms with Crippen LogP contribution in [0.1, 0.15) is 39.4 Å². The lowest BCUT2D eigenvalue weighted by molar-refractivity contribution is 0.199. The maximum atomic E-state index is 13.9. The van der Waals surface area contributed by atoms with Gasteiger partial charge in [0.15, 0.2) is 0 Å². The third-order valence-corrected chi connectivity index (χ3v) is 2.58. The Labute approximate surface area is 103 Å². The molecular weight excluding hydrogens is 217 g/mol. The fraction of sp³-hybridized carbons (Fsp3) is 0.571. The van der Waals surface area contributed by atoms with Crippen LogP contribution < -0.4 is 4.90 Å². The Hall–Kier alpha value is -1.09. The quantitative estimate of drug-likeness (QED) is 0.874. The van der Waals surface area contributed by atoms with Gasteiger partial charge in [-0.2, -0.15) is 0 Å². The molecule has 0 aliphatic carbocycles. The van der Waals surface area contributed by atoms with Crippen molar-refractivity contribution in [3.05, 3.63) is 29.6 Å². The summed E-state index contributed by atoms with van der Waals surface area (Å²) in [5.41, 5.74) is 1.30. The van der Waals surface area contributed by atoms with Crippen molar-refractivity contribution in [2.75, 3.05) is 18.5 Å². The zero-order valence-corrected chi connectivity index (χ0v) is 11.3. The molecular formula is C14H22FNO. The molecule has 3 heteroatoms. The molecule has 1 aromatic carbocycles. The lowest BCUT2D eigenvalue weighted by Gasteiger charge is -2.28. The number of aliphatic hydroxyl groups is 1. The maximum absolute atomic E-state index is 13.9. The fourth-order valence-electron chi connectivity index (χ4n) is 1.89. The molecule has 0 saturated carbocycles. The van der Waals surface area contributed by atoms with E-state index in [9.17, 15) is 9.50 Å². The monoisotopic (exact) mass is 239 g/mol. The highest BCUT2D eigenvalue weighted by Gasteiger charge is 2.16.